The van der Waals surface area contributed by atoms with Gasteiger partial charge in [-0.25, -0.2) is 0 Å². The fraction of sp³-hybridized carbons (Fsp3) is 0.312. The molecule has 1 atom stereocenters. The Morgan fingerprint density at radius 3 is 2.57 bits per heavy atom. The predicted molar refractivity (Wildman–Crippen MR) is 82.2 cm³/mol. The summed E-state index contributed by atoms with van der Waals surface area (Å²) in [5, 5.41) is 0. The summed E-state index contributed by atoms with van der Waals surface area (Å²) >= 11 is 0. The lowest BCUT2D eigenvalue weighted by molar-refractivity contribution is 0.338. The van der Waals surface area contributed by atoms with E-state index in [0.717, 1.165) is 23.5 Å². The van der Waals surface area contributed by atoms with Gasteiger partial charge in [0.05, 0.1) is 26.0 Å². The molecule has 0 aliphatic carbocycles. The van der Waals surface area contributed by atoms with Crippen LogP contribution in [0.25, 0.3) is 0 Å². The van der Waals surface area contributed by atoms with Crippen LogP contribution < -0.4 is 20.7 Å². The molecule has 112 valence electrons. The molecule has 0 saturated carbocycles. The molecule has 0 radical (unpaired) electrons. The molecule has 2 aromatic rings. The standard InChI is InChI=1S/C16H21N3O2/c1-3-21-15-9-13(10-18-11-15)16(19-17)8-12-4-6-14(20-2)7-5-12/h4-7,9-11,16,19H,3,8,17H2,1-2H3. The van der Waals surface area contributed by atoms with E-state index >= 15 is 0 Å². The van der Waals surface area contributed by atoms with Gasteiger partial charge in [0.2, 0.25) is 0 Å². The quantitative estimate of drug-likeness (QED) is 0.604. The number of ether oxygens (including phenoxy) is 2. The summed E-state index contributed by atoms with van der Waals surface area (Å²) in [5.41, 5.74) is 5.00. The first-order valence-electron chi connectivity index (χ1n) is 6.93. The highest BCUT2D eigenvalue weighted by molar-refractivity contribution is 5.31. The van der Waals surface area contributed by atoms with Gasteiger partial charge in [0.25, 0.3) is 0 Å². The van der Waals surface area contributed by atoms with E-state index in [-0.39, 0.29) is 6.04 Å². The number of pyridine rings is 1. The lowest BCUT2D eigenvalue weighted by Gasteiger charge is -2.17. The summed E-state index contributed by atoms with van der Waals surface area (Å²) in [4.78, 5) is 4.20. The number of benzene rings is 1. The lowest BCUT2D eigenvalue weighted by atomic mass is 10.0. The van der Waals surface area contributed by atoms with Crippen molar-refractivity contribution in [1.82, 2.24) is 10.4 Å². The number of hydrazine groups is 1. The van der Waals surface area contributed by atoms with Crippen LogP contribution in [0, 0.1) is 0 Å². The minimum absolute atomic E-state index is 0.0219. The summed E-state index contributed by atoms with van der Waals surface area (Å²) in [6.07, 6.45) is 4.27. The van der Waals surface area contributed by atoms with Crippen molar-refractivity contribution in [3.63, 3.8) is 0 Å². The second kappa shape index (κ2) is 7.61. The molecule has 1 aromatic carbocycles. The summed E-state index contributed by atoms with van der Waals surface area (Å²) < 4.78 is 10.6. The van der Waals surface area contributed by atoms with Gasteiger partial charge in [-0.2, -0.15) is 0 Å². The van der Waals surface area contributed by atoms with Gasteiger partial charge < -0.3 is 9.47 Å². The first-order chi connectivity index (χ1) is 10.3. The monoisotopic (exact) mass is 287 g/mol. The summed E-state index contributed by atoms with van der Waals surface area (Å²) in [6, 6.07) is 9.89. The average Bonchev–Trinajstić information content (AvgIpc) is 2.54. The Morgan fingerprint density at radius 1 is 1.19 bits per heavy atom. The van der Waals surface area contributed by atoms with Crippen molar-refractivity contribution in [2.24, 2.45) is 5.84 Å². The van der Waals surface area contributed by atoms with Crippen molar-refractivity contribution in [1.29, 1.82) is 0 Å². The predicted octanol–water partition coefficient (Wildman–Crippen LogP) is 2.24. The van der Waals surface area contributed by atoms with Crippen LogP contribution in [-0.2, 0) is 6.42 Å². The van der Waals surface area contributed by atoms with Gasteiger partial charge in [-0.1, -0.05) is 12.1 Å². The van der Waals surface area contributed by atoms with Gasteiger partial charge >= 0.3 is 0 Å². The normalized spacial score (nSPS) is 12.0. The number of hydrogen-bond acceptors (Lipinski definition) is 5. The number of rotatable bonds is 7. The van der Waals surface area contributed by atoms with Crippen LogP contribution in [0.4, 0.5) is 0 Å². The highest BCUT2D eigenvalue weighted by Gasteiger charge is 2.12. The maximum atomic E-state index is 5.69. The Labute approximate surface area is 125 Å². The van der Waals surface area contributed by atoms with E-state index in [0.29, 0.717) is 6.61 Å². The second-order valence-electron chi connectivity index (χ2n) is 4.66. The summed E-state index contributed by atoms with van der Waals surface area (Å²) in [5.74, 6) is 7.29. The Kier molecular flexibility index (Phi) is 5.54. The molecule has 0 amide bonds. The van der Waals surface area contributed by atoms with E-state index in [9.17, 15) is 0 Å². The van der Waals surface area contributed by atoms with Crippen molar-refractivity contribution in [3.05, 3.63) is 53.9 Å². The zero-order valence-corrected chi connectivity index (χ0v) is 12.4. The van der Waals surface area contributed by atoms with Gasteiger partial charge in [0, 0.05) is 6.20 Å². The molecule has 0 spiro atoms. The molecule has 0 saturated heterocycles. The summed E-state index contributed by atoms with van der Waals surface area (Å²) in [6.45, 7) is 2.56. The van der Waals surface area contributed by atoms with Gasteiger partial charge in [-0.05, 0) is 42.7 Å². The van der Waals surface area contributed by atoms with Crippen LogP contribution in [0.2, 0.25) is 0 Å². The van der Waals surface area contributed by atoms with Gasteiger partial charge in [0.15, 0.2) is 0 Å². The van der Waals surface area contributed by atoms with E-state index < -0.39 is 0 Å². The average molecular weight is 287 g/mol. The molecule has 0 aliphatic rings. The highest BCUT2D eigenvalue weighted by Crippen LogP contribution is 2.22. The minimum atomic E-state index is -0.0219. The van der Waals surface area contributed by atoms with Crippen molar-refractivity contribution in [3.8, 4) is 11.5 Å². The summed E-state index contributed by atoms with van der Waals surface area (Å²) in [7, 11) is 1.66. The maximum Gasteiger partial charge on any atom is 0.137 e. The number of nitrogens with zero attached hydrogens (tertiary/aromatic N) is 1. The van der Waals surface area contributed by atoms with Crippen molar-refractivity contribution < 1.29 is 9.47 Å². The van der Waals surface area contributed by atoms with E-state index in [2.05, 4.69) is 10.4 Å². The fourth-order valence-electron chi connectivity index (χ4n) is 2.14. The maximum absolute atomic E-state index is 5.69. The number of methoxy groups -OCH3 is 1. The molecule has 5 nitrogen and oxygen atoms in total. The molecule has 2 rings (SSSR count). The third-order valence-corrected chi connectivity index (χ3v) is 3.25. The smallest absolute Gasteiger partial charge is 0.137 e. The largest absolute Gasteiger partial charge is 0.497 e. The van der Waals surface area contributed by atoms with E-state index in [4.69, 9.17) is 15.3 Å². The Morgan fingerprint density at radius 2 is 1.95 bits per heavy atom. The molecule has 1 unspecified atom stereocenters. The molecule has 0 fully saturated rings. The molecule has 0 aliphatic heterocycles. The van der Waals surface area contributed by atoms with Crippen LogP contribution >= 0.6 is 0 Å². The molecule has 1 aromatic heterocycles. The number of aromatic nitrogens is 1. The zero-order valence-electron chi connectivity index (χ0n) is 12.4. The first-order valence-corrected chi connectivity index (χ1v) is 6.93. The van der Waals surface area contributed by atoms with Gasteiger partial charge in [0.1, 0.15) is 11.5 Å². The lowest BCUT2D eigenvalue weighted by Crippen LogP contribution is -2.29. The van der Waals surface area contributed by atoms with E-state index in [1.165, 1.54) is 5.56 Å². The third-order valence-electron chi connectivity index (χ3n) is 3.25. The van der Waals surface area contributed by atoms with Crippen LogP contribution in [-0.4, -0.2) is 18.7 Å². The molecule has 5 heteroatoms. The molecule has 3 N–H and O–H groups in total. The molecule has 0 bridgehead atoms. The van der Waals surface area contributed by atoms with Crippen LogP contribution in [0.15, 0.2) is 42.7 Å². The molecule has 21 heavy (non-hydrogen) atoms. The van der Waals surface area contributed by atoms with Crippen LogP contribution in [0.1, 0.15) is 24.1 Å². The van der Waals surface area contributed by atoms with Gasteiger partial charge in [-0.15, -0.1) is 0 Å². The molecule has 1 heterocycles. The van der Waals surface area contributed by atoms with Crippen molar-refractivity contribution in [2.45, 2.75) is 19.4 Å². The van der Waals surface area contributed by atoms with Crippen LogP contribution in [0.5, 0.6) is 11.5 Å². The second-order valence-corrected chi connectivity index (χ2v) is 4.66. The van der Waals surface area contributed by atoms with Crippen molar-refractivity contribution in [2.75, 3.05) is 13.7 Å². The van der Waals surface area contributed by atoms with Crippen LogP contribution in [0.3, 0.4) is 0 Å². The number of nitrogens with one attached hydrogen (secondary N) is 1. The zero-order chi connectivity index (χ0) is 15.1. The van der Waals surface area contributed by atoms with Crippen molar-refractivity contribution >= 4 is 0 Å². The number of nitrogens with two attached hydrogens (primary N) is 1. The minimum Gasteiger partial charge on any atom is -0.497 e. The van der Waals surface area contributed by atoms with Gasteiger partial charge in [-0.3, -0.25) is 16.3 Å². The SMILES string of the molecule is CCOc1cncc(C(Cc2ccc(OC)cc2)NN)c1. The molecular weight excluding hydrogens is 266 g/mol. The Bertz CT molecular complexity index is 558. The molecular formula is C16H21N3O2. The first kappa shape index (κ1) is 15.3. The fourth-order valence-corrected chi connectivity index (χ4v) is 2.14. The topological polar surface area (TPSA) is 69.4 Å². The number of hydrogen-bond donors (Lipinski definition) is 2. The highest BCUT2D eigenvalue weighted by atomic mass is 16.5. The van der Waals surface area contributed by atoms with E-state index in [1.807, 2.05) is 37.3 Å². The van der Waals surface area contributed by atoms with E-state index in [1.54, 1.807) is 19.5 Å². The third kappa shape index (κ3) is 4.18. The Hall–Kier alpha value is -2.11. The Balaban J connectivity index is 2.12.